The van der Waals surface area contributed by atoms with E-state index in [2.05, 4.69) is 14.6 Å². The van der Waals surface area contributed by atoms with E-state index in [0.717, 1.165) is 29.3 Å². The van der Waals surface area contributed by atoms with Crippen molar-refractivity contribution in [3.8, 4) is 0 Å². The molecule has 1 saturated heterocycles. The molecule has 1 aromatic heterocycles. The van der Waals surface area contributed by atoms with E-state index in [1.165, 1.54) is 43.9 Å². The topological polar surface area (TPSA) is 45.2 Å². The molecule has 1 fully saturated rings. The van der Waals surface area contributed by atoms with Crippen LogP contribution in [-0.2, 0) is 0 Å². The molecule has 0 bridgehead atoms. The van der Waals surface area contributed by atoms with Gasteiger partial charge in [-0.05, 0) is 51.3 Å². The molecule has 0 radical (unpaired) electrons. The van der Waals surface area contributed by atoms with Gasteiger partial charge < -0.3 is 10.2 Å². The van der Waals surface area contributed by atoms with Crippen LogP contribution in [0.1, 0.15) is 42.2 Å². The Morgan fingerprint density at radius 1 is 1.39 bits per heavy atom. The molecule has 2 rings (SSSR count). The first-order valence-electron chi connectivity index (χ1n) is 6.62. The summed E-state index contributed by atoms with van der Waals surface area (Å²) in [7, 11) is 0. The van der Waals surface area contributed by atoms with Gasteiger partial charge in [0.15, 0.2) is 5.78 Å². The minimum atomic E-state index is 0.0988. The summed E-state index contributed by atoms with van der Waals surface area (Å²) in [6.45, 7) is 7.86. The van der Waals surface area contributed by atoms with Gasteiger partial charge in [0.1, 0.15) is 5.00 Å². The van der Waals surface area contributed by atoms with Crippen LogP contribution in [0.4, 0.5) is 5.00 Å². The number of likely N-dealkylation sites (tertiary alicyclic amines) is 1. The lowest BCUT2D eigenvalue weighted by molar-refractivity contribution is 0.101. The molecule has 0 unspecified atom stereocenters. The zero-order valence-electron chi connectivity index (χ0n) is 11.2. The Balaban J connectivity index is 1.84. The average Bonchev–Trinajstić information content (AvgIpc) is 2.72. The van der Waals surface area contributed by atoms with E-state index >= 15 is 0 Å². The van der Waals surface area contributed by atoms with Crippen LogP contribution in [0, 0.1) is 6.92 Å². The standard InChI is InChI=1S/C13H21N3OS/c1-10-12(11(2)17)13(18-15-10)14-6-9-16-7-4-3-5-8-16/h14H,3-9H2,1-2H3. The molecule has 0 atom stereocenters. The van der Waals surface area contributed by atoms with E-state index in [9.17, 15) is 4.79 Å². The summed E-state index contributed by atoms with van der Waals surface area (Å²) in [4.78, 5) is 14.0. The third kappa shape index (κ3) is 3.29. The largest absolute Gasteiger partial charge is 0.374 e. The van der Waals surface area contributed by atoms with E-state index < -0.39 is 0 Å². The summed E-state index contributed by atoms with van der Waals surface area (Å²) in [5.41, 5.74) is 1.60. The molecule has 18 heavy (non-hydrogen) atoms. The first-order valence-corrected chi connectivity index (χ1v) is 7.39. The van der Waals surface area contributed by atoms with Crippen molar-refractivity contribution in [2.45, 2.75) is 33.1 Å². The number of nitrogens with zero attached hydrogens (tertiary/aromatic N) is 2. The average molecular weight is 267 g/mol. The van der Waals surface area contributed by atoms with E-state index in [4.69, 9.17) is 0 Å². The van der Waals surface area contributed by atoms with Gasteiger partial charge in [-0.2, -0.15) is 4.37 Å². The number of aromatic nitrogens is 1. The monoisotopic (exact) mass is 267 g/mol. The number of ketones is 1. The second-order valence-corrected chi connectivity index (χ2v) is 5.63. The van der Waals surface area contributed by atoms with Crippen LogP contribution >= 0.6 is 11.5 Å². The number of anilines is 1. The Morgan fingerprint density at radius 3 is 2.78 bits per heavy atom. The number of aryl methyl sites for hydroxylation is 1. The number of carbonyl (C=O) groups is 1. The van der Waals surface area contributed by atoms with Crippen LogP contribution in [-0.4, -0.2) is 41.2 Å². The highest BCUT2D eigenvalue weighted by Crippen LogP contribution is 2.24. The van der Waals surface area contributed by atoms with Gasteiger partial charge in [-0.25, -0.2) is 0 Å². The number of Topliss-reactive ketones (excluding diaryl/α,β-unsaturated/α-hetero) is 1. The maximum Gasteiger partial charge on any atom is 0.164 e. The van der Waals surface area contributed by atoms with Crippen molar-refractivity contribution in [2.24, 2.45) is 0 Å². The van der Waals surface area contributed by atoms with Crippen LogP contribution in [0.15, 0.2) is 0 Å². The fourth-order valence-electron chi connectivity index (χ4n) is 2.42. The molecule has 1 aliphatic heterocycles. The predicted molar refractivity (Wildman–Crippen MR) is 75.6 cm³/mol. The minimum absolute atomic E-state index is 0.0988. The Bertz CT molecular complexity index is 410. The van der Waals surface area contributed by atoms with Crippen LogP contribution in [0.3, 0.4) is 0 Å². The first-order chi connectivity index (χ1) is 8.68. The molecule has 1 N–H and O–H groups in total. The van der Waals surface area contributed by atoms with E-state index in [-0.39, 0.29) is 5.78 Å². The highest BCUT2D eigenvalue weighted by atomic mass is 32.1. The van der Waals surface area contributed by atoms with Crippen LogP contribution < -0.4 is 5.32 Å². The van der Waals surface area contributed by atoms with Gasteiger partial charge in [-0.1, -0.05) is 6.42 Å². The summed E-state index contributed by atoms with van der Waals surface area (Å²) in [5, 5.41) is 4.28. The quantitative estimate of drug-likeness (QED) is 0.833. The molecule has 100 valence electrons. The van der Waals surface area contributed by atoms with Crippen molar-refractivity contribution in [2.75, 3.05) is 31.5 Å². The molecule has 2 heterocycles. The summed E-state index contributed by atoms with van der Waals surface area (Å²) < 4.78 is 4.25. The number of nitrogens with one attached hydrogen (secondary N) is 1. The summed E-state index contributed by atoms with van der Waals surface area (Å²) in [6, 6.07) is 0. The Hall–Kier alpha value is -0.940. The number of piperidine rings is 1. The van der Waals surface area contributed by atoms with Gasteiger partial charge in [0.25, 0.3) is 0 Å². The molecule has 4 nitrogen and oxygen atoms in total. The van der Waals surface area contributed by atoms with Crippen molar-refractivity contribution < 1.29 is 4.79 Å². The van der Waals surface area contributed by atoms with Crippen LogP contribution in [0.2, 0.25) is 0 Å². The summed E-state index contributed by atoms with van der Waals surface area (Å²) in [5.74, 6) is 0.0988. The fraction of sp³-hybridized carbons (Fsp3) is 0.692. The maximum atomic E-state index is 11.5. The zero-order chi connectivity index (χ0) is 13.0. The molecule has 0 aliphatic carbocycles. The Morgan fingerprint density at radius 2 is 2.11 bits per heavy atom. The summed E-state index contributed by atoms with van der Waals surface area (Å²) in [6.07, 6.45) is 4.00. The van der Waals surface area contributed by atoms with Gasteiger partial charge in [0.2, 0.25) is 0 Å². The molecule has 0 spiro atoms. The van der Waals surface area contributed by atoms with Crippen molar-refractivity contribution >= 4 is 22.3 Å². The van der Waals surface area contributed by atoms with Gasteiger partial charge >= 0.3 is 0 Å². The second kappa shape index (κ2) is 6.29. The third-order valence-electron chi connectivity index (χ3n) is 3.38. The maximum absolute atomic E-state index is 11.5. The zero-order valence-corrected chi connectivity index (χ0v) is 12.0. The second-order valence-electron chi connectivity index (χ2n) is 4.86. The van der Waals surface area contributed by atoms with E-state index in [1.807, 2.05) is 6.92 Å². The van der Waals surface area contributed by atoms with Crippen molar-refractivity contribution in [1.29, 1.82) is 0 Å². The minimum Gasteiger partial charge on any atom is -0.374 e. The number of hydrogen-bond acceptors (Lipinski definition) is 5. The first kappa shape index (κ1) is 13.5. The SMILES string of the molecule is CC(=O)c1c(C)nsc1NCCN1CCCCC1. The lowest BCUT2D eigenvalue weighted by Crippen LogP contribution is -2.33. The Kier molecular flexibility index (Phi) is 4.72. The Labute approximate surface area is 113 Å². The van der Waals surface area contributed by atoms with Gasteiger partial charge in [0.05, 0.1) is 11.3 Å². The lowest BCUT2D eigenvalue weighted by atomic mass is 10.1. The lowest BCUT2D eigenvalue weighted by Gasteiger charge is -2.26. The summed E-state index contributed by atoms with van der Waals surface area (Å²) >= 11 is 1.39. The van der Waals surface area contributed by atoms with Gasteiger partial charge in [0, 0.05) is 13.1 Å². The van der Waals surface area contributed by atoms with Crippen LogP contribution in [0.5, 0.6) is 0 Å². The highest BCUT2D eigenvalue weighted by molar-refractivity contribution is 7.10. The normalized spacial score (nSPS) is 16.8. The van der Waals surface area contributed by atoms with Crippen molar-refractivity contribution in [3.63, 3.8) is 0 Å². The van der Waals surface area contributed by atoms with Gasteiger partial charge in [-0.15, -0.1) is 0 Å². The van der Waals surface area contributed by atoms with Gasteiger partial charge in [-0.3, -0.25) is 4.79 Å². The van der Waals surface area contributed by atoms with Crippen molar-refractivity contribution in [3.05, 3.63) is 11.3 Å². The smallest absolute Gasteiger partial charge is 0.164 e. The van der Waals surface area contributed by atoms with Crippen molar-refractivity contribution in [1.82, 2.24) is 9.27 Å². The molecule has 0 saturated carbocycles. The molecule has 0 aromatic carbocycles. The third-order valence-corrected chi connectivity index (χ3v) is 4.27. The van der Waals surface area contributed by atoms with E-state index in [1.54, 1.807) is 6.92 Å². The molecule has 5 heteroatoms. The van der Waals surface area contributed by atoms with Crippen LogP contribution in [0.25, 0.3) is 0 Å². The number of rotatable bonds is 5. The van der Waals surface area contributed by atoms with E-state index in [0.29, 0.717) is 0 Å². The molecular formula is C13H21N3OS. The molecule has 1 aromatic rings. The molecular weight excluding hydrogens is 246 g/mol. The predicted octanol–water partition coefficient (Wildman–Crippen LogP) is 2.55. The molecule has 1 aliphatic rings. The highest BCUT2D eigenvalue weighted by Gasteiger charge is 2.15. The fourth-order valence-corrected chi connectivity index (χ4v) is 3.28. The molecule has 0 amide bonds. The number of carbonyl (C=O) groups excluding carboxylic acids is 1. The number of hydrogen-bond donors (Lipinski definition) is 1.